The molecule has 3 rings (SSSR count). The van der Waals surface area contributed by atoms with Gasteiger partial charge in [-0.3, -0.25) is 14.7 Å². The number of nitrogens with zero attached hydrogens (tertiary/aromatic N) is 2. The van der Waals surface area contributed by atoms with E-state index in [1.165, 1.54) is 0 Å². The third kappa shape index (κ3) is 4.52. The molecule has 0 radical (unpaired) electrons. The van der Waals surface area contributed by atoms with Crippen LogP contribution in [0.25, 0.3) is 0 Å². The fraction of sp³-hybridized carbons (Fsp3) is 0.368. The summed E-state index contributed by atoms with van der Waals surface area (Å²) in [4.78, 5) is 37.8. The maximum Gasteiger partial charge on any atom is 0.359 e. The molecule has 1 aromatic carbocycles. The van der Waals surface area contributed by atoms with Crippen LogP contribution in [0.1, 0.15) is 42.4 Å². The minimum absolute atomic E-state index is 0.0320. The molecule has 27 heavy (non-hydrogen) atoms. The van der Waals surface area contributed by atoms with Crippen molar-refractivity contribution in [3.63, 3.8) is 0 Å². The fourth-order valence-electron chi connectivity index (χ4n) is 2.97. The van der Waals surface area contributed by atoms with Crippen molar-refractivity contribution in [3.8, 4) is 0 Å². The van der Waals surface area contributed by atoms with E-state index in [1.807, 2.05) is 13.0 Å². The predicted molar refractivity (Wildman–Crippen MR) is 99.5 cm³/mol. The first kappa shape index (κ1) is 18.6. The van der Waals surface area contributed by atoms with Gasteiger partial charge in [-0.15, -0.1) is 0 Å². The molecule has 0 bridgehead atoms. The highest BCUT2D eigenvalue weighted by molar-refractivity contribution is 6.02. The van der Waals surface area contributed by atoms with Crippen LogP contribution in [0.3, 0.4) is 0 Å². The Hall–Kier alpha value is -3.16. The second-order valence-electron chi connectivity index (χ2n) is 6.32. The Bertz CT molecular complexity index is 846. The average Bonchev–Trinajstić information content (AvgIpc) is 3.30. The monoisotopic (exact) mass is 370 g/mol. The van der Waals surface area contributed by atoms with Crippen LogP contribution in [0.5, 0.6) is 0 Å². The molecule has 8 nitrogen and oxygen atoms in total. The molecule has 1 aromatic heterocycles. The normalized spacial score (nSPS) is 13.7. The molecule has 0 unspecified atom stereocenters. The van der Waals surface area contributed by atoms with Crippen LogP contribution in [-0.2, 0) is 20.7 Å². The first-order valence-electron chi connectivity index (χ1n) is 8.99. The Morgan fingerprint density at radius 3 is 2.89 bits per heavy atom. The number of esters is 1. The lowest BCUT2D eigenvalue weighted by molar-refractivity contribution is -0.119. The van der Waals surface area contributed by atoms with E-state index in [2.05, 4.69) is 15.5 Å². The zero-order chi connectivity index (χ0) is 19.2. The maximum absolute atomic E-state index is 12.2. The van der Waals surface area contributed by atoms with Crippen molar-refractivity contribution in [2.24, 2.45) is 0 Å². The van der Waals surface area contributed by atoms with Crippen LogP contribution in [0.2, 0.25) is 0 Å². The van der Waals surface area contributed by atoms with E-state index in [4.69, 9.17) is 4.74 Å². The molecule has 0 saturated carbocycles. The SMILES string of the molecule is CCCc1cc(C(=O)OCC(=O)Nc2ccccc2N2CCCC2=O)n[nH]1. The summed E-state index contributed by atoms with van der Waals surface area (Å²) in [5, 5.41) is 9.37. The zero-order valence-corrected chi connectivity index (χ0v) is 15.2. The quantitative estimate of drug-likeness (QED) is 0.728. The van der Waals surface area contributed by atoms with Crippen LogP contribution in [0.4, 0.5) is 11.4 Å². The van der Waals surface area contributed by atoms with Gasteiger partial charge in [0.15, 0.2) is 12.3 Å². The van der Waals surface area contributed by atoms with E-state index in [-0.39, 0.29) is 11.6 Å². The molecule has 1 fully saturated rings. The molecule has 2 N–H and O–H groups in total. The van der Waals surface area contributed by atoms with Crippen molar-refractivity contribution in [2.75, 3.05) is 23.4 Å². The lowest BCUT2D eigenvalue weighted by Gasteiger charge is -2.19. The molecule has 0 aliphatic carbocycles. The van der Waals surface area contributed by atoms with Crippen LogP contribution in [-0.4, -0.2) is 41.1 Å². The standard InChI is InChI=1S/C19H22N4O4/c1-2-6-13-11-15(22-21-13)19(26)27-12-17(24)20-14-7-3-4-8-16(14)23-10-5-9-18(23)25/h3-4,7-8,11H,2,5-6,9-10,12H2,1H3,(H,20,24)(H,21,22). The summed E-state index contributed by atoms with van der Waals surface area (Å²) in [5.41, 5.74) is 2.16. The number of aryl methyl sites for hydroxylation is 1. The van der Waals surface area contributed by atoms with Gasteiger partial charge >= 0.3 is 5.97 Å². The number of aromatic amines is 1. The minimum Gasteiger partial charge on any atom is -0.451 e. The second kappa shape index (κ2) is 8.48. The molecular weight excluding hydrogens is 348 g/mol. The number of hydrogen-bond donors (Lipinski definition) is 2. The number of rotatable bonds is 7. The van der Waals surface area contributed by atoms with Gasteiger partial charge in [0.05, 0.1) is 11.4 Å². The molecule has 1 aliphatic rings. The molecule has 1 saturated heterocycles. The highest BCUT2D eigenvalue weighted by Gasteiger charge is 2.24. The van der Waals surface area contributed by atoms with Gasteiger partial charge in [0.2, 0.25) is 5.91 Å². The number of carbonyl (C=O) groups is 3. The van der Waals surface area contributed by atoms with E-state index >= 15 is 0 Å². The van der Waals surface area contributed by atoms with E-state index < -0.39 is 18.5 Å². The number of ether oxygens (including phenoxy) is 1. The number of amides is 2. The molecular formula is C19H22N4O4. The van der Waals surface area contributed by atoms with Gasteiger partial charge in [0.1, 0.15) is 0 Å². The van der Waals surface area contributed by atoms with Crippen LogP contribution in [0.15, 0.2) is 30.3 Å². The Kier molecular flexibility index (Phi) is 5.85. The van der Waals surface area contributed by atoms with E-state index in [0.717, 1.165) is 25.0 Å². The molecule has 2 heterocycles. The Morgan fingerprint density at radius 1 is 1.33 bits per heavy atom. The molecule has 0 spiro atoms. The summed E-state index contributed by atoms with van der Waals surface area (Å²) in [6.45, 7) is 2.22. The first-order valence-corrected chi connectivity index (χ1v) is 8.99. The summed E-state index contributed by atoms with van der Waals surface area (Å²) < 4.78 is 5.03. The fourth-order valence-corrected chi connectivity index (χ4v) is 2.97. The molecule has 8 heteroatoms. The lowest BCUT2D eigenvalue weighted by atomic mass is 10.2. The van der Waals surface area contributed by atoms with Gasteiger partial charge in [-0.1, -0.05) is 25.5 Å². The number of carbonyl (C=O) groups excluding carboxylic acids is 3. The van der Waals surface area contributed by atoms with Gasteiger partial charge in [-0.2, -0.15) is 5.10 Å². The predicted octanol–water partition coefficient (Wildman–Crippen LogP) is 2.28. The molecule has 2 aromatic rings. The van der Waals surface area contributed by atoms with Gasteiger partial charge in [-0.25, -0.2) is 4.79 Å². The van der Waals surface area contributed by atoms with Crippen LogP contribution < -0.4 is 10.2 Å². The van der Waals surface area contributed by atoms with Crippen molar-refractivity contribution in [3.05, 3.63) is 41.7 Å². The molecule has 142 valence electrons. The Labute approximate surface area is 156 Å². The first-order chi connectivity index (χ1) is 13.1. The van der Waals surface area contributed by atoms with Crippen molar-refractivity contribution >= 4 is 29.2 Å². The lowest BCUT2D eigenvalue weighted by Crippen LogP contribution is -2.27. The highest BCUT2D eigenvalue weighted by Crippen LogP contribution is 2.29. The highest BCUT2D eigenvalue weighted by atomic mass is 16.5. The number of anilines is 2. The van der Waals surface area contributed by atoms with Crippen LogP contribution >= 0.6 is 0 Å². The number of benzene rings is 1. The second-order valence-corrected chi connectivity index (χ2v) is 6.32. The number of hydrogen-bond acceptors (Lipinski definition) is 5. The summed E-state index contributed by atoms with van der Waals surface area (Å²) >= 11 is 0. The van der Waals surface area contributed by atoms with Crippen molar-refractivity contribution < 1.29 is 19.1 Å². The van der Waals surface area contributed by atoms with Crippen molar-refractivity contribution in [1.29, 1.82) is 0 Å². The maximum atomic E-state index is 12.2. The summed E-state index contributed by atoms with van der Waals surface area (Å²) in [6, 6.07) is 8.69. The summed E-state index contributed by atoms with van der Waals surface area (Å²) in [6.07, 6.45) is 3.01. The van der Waals surface area contributed by atoms with E-state index in [1.54, 1.807) is 29.2 Å². The number of aromatic nitrogens is 2. The smallest absolute Gasteiger partial charge is 0.359 e. The Morgan fingerprint density at radius 2 is 2.15 bits per heavy atom. The van der Waals surface area contributed by atoms with Gasteiger partial charge < -0.3 is 15.0 Å². The largest absolute Gasteiger partial charge is 0.451 e. The third-order valence-electron chi connectivity index (χ3n) is 4.24. The summed E-state index contributed by atoms with van der Waals surface area (Å²) in [5.74, 6) is -1.11. The number of nitrogens with one attached hydrogen (secondary N) is 2. The molecule has 2 amide bonds. The Balaban J connectivity index is 1.58. The summed E-state index contributed by atoms with van der Waals surface area (Å²) in [7, 11) is 0. The van der Waals surface area contributed by atoms with Crippen molar-refractivity contribution in [2.45, 2.75) is 32.6 Å². The minimum atomic E-state index is -0.660. The molecule has 1 aliphatic heterocycles. The third-order valence-corrected chi connectivity index (χ3v) is 4.24. The zero-order valence-electron chi connectivity index (χ0n) is 15.2. The molecule has 0 atom stereocenters. The van der Waals surface area contributed by atoms with Crippen LogP contribution in [0, 0.1) is 0 Å². The number of H-pyrrole nitrogens is 1. The topological polar surface area (TPSA) is 104 Å². The van der Waals surface area contributed by atoms with E-state index in [0.29, 0.717) is 24.3 Å². The van der Waals surface area contributed by atoms with Gasteiger partial charge in [0, 0.05) is 18.7 Å². The number of para-hydroxylation sites is 2. The van der Waals surface area contributed by atoms with E-state index in [9.17, 15) is 14.4 Å². The average molecular weight is 370 g/mol. The van der Waals surface area contributed by atoms with Gasteiger partial charge in [-0.05, 0) is 31.0 Å². The van der Waals surface area contributed by atoms with Crippen molar-refractivity contribution in [1.82, 2.24) is 10.2 Å². The van der Waals surface area contributed by atoms with Gasteiger partial charge in [0.25, 0.3) is 5.91 Å².